The number of nitrogens with one attached hydrogen (secondary N) is 1. The van der Waals surface area contributed by atoms with Gasteiger partial charge in [-0.2, -0.15) is 0 Å². The van der Waals surface area contributed by atoms with Crippen molar-refractivity contribution in [3.8, 4) is 5.75 Å². The molecule has 2 N–H and O–H groups in total. The quantitative estimate of drug-likeness (QED) is 0.611. The van der Waals surface area contributed by atoms with Gasteiger partial charge in [-0.15, -0.1) is 0 Å². The molecule has 0 bridgehead atoms. The van der Waals surface area contributed by atoms with Gasteiger partial charge in [0.1, 0.15) is 17.6 Å². The van der Waals surface area contributed by atoms with Gasteiger partial charge in [0, 0.05) is 19.7 Å². The van der Waals surface area contributed by atoms with Gasteiger partial charge in [-0.25, -0.2) is 4.39 Å². The normalized spacial score (nSPS) is 11.5. The van der Waals surface area contributed by atoms with Gasteiger partial charge >= 0.3 is 0 Å². The van der Waals surface area contributed by atoms with Crippen molar-refractivity contribution >= 4 is 11.8 Å². The fourth-order valence-electron chi connectivity index (χ4n) is 2.55. The lowest BCUT2D eigenvalue weighted by Crippen LogP contribution is -2.49. The molecule has 6 nitrogen and oxygen atoms in total. The fourth-order valence-corrected chi connectivity index (χ4v) is 2.55. The van der Waals surface area contributed by atoms with Crippen molar-refractivity contribution in [2.75, 3.05) is 19.8 Å². The number of hydrogen-bond donors (Lipinski definition) is 2. The van der Waals surface area contributed by atoms with Crippen molar-refractivity contribution in [2.45, 2.75) is 25.9 Å². The number of halogens is 1. The Balaban J connectivity index is 2.08. The third-order valence-electron chi connectivity index (χ3n) is 4.17. The Morgan fingerprint density at radius 3 is 2.46 bits per heavy atom. The van der Waals surface area contributed by atoms with E-state index in [4.69, 9.17) is 9.84 Å². The summed E-state index contributed by atoms with van der Waals surface area (Å²) >= 11 is 0. The third kappa shape index (κ3) is 6.66. The third-order valence-corrected chi connectivity index (χ3v) is 4.17. The number of hydrogen-bond acceptors (Lipinski definition) is 4. The number of aliphatic hydroxyl groups excluding tert-OH is 1. The first-order valence-electron chi connectivity index (χ1n) is 9.11. The van der Waals surface area contributed by atoms with E-state index in [-0.39, 0.29) is 37.4 Å². The van der Waals surface area contributed by atoms with E-state index in [2.05, 4.69) is 5.32 Å². The number of carbonyl (C=O) groups is 2. The van der Waals surface area contributed by atoms with Crippen molar-refractivity contribution in [1.82, 2.24) is 10.2 Å². The number of amides is 2. The van der Waals surface area contributed by atoms with E-state index in [0.717, 1.165) is 0 Å². The van der Waals surface area contributed by atoms with Crippen LogP contribution in [0.2, 0.25) is 0 Å². The molecule has 2 aromatic carbocycles. The summed E-state index contributed by atoms with van der Waals surface area (Å²) in [5.41, 5.74) is 0.699. The average Bonchev–Trinajstić information content (AvgIpc) is 2.72. The lowest BCUT2D eigenvalue weighted by molar-refractivity contribution is -0.142. The van der Waals surface area contributed by atoms with Crippen LogP contribution in [-0.4, -0.2) is 47.6 Å². The molecular formula is C21H25FN2O4. The lowest BCUT2D eigenvalue weighted by Gasteiger charge is -2.28. The molecule has 0 spiro atoms. The van der Waals surface area contributed by atoms with Gasteiger partial charge in [0.15, 0.2) is 6.61 Å². The van der Waals surface area contributed by atoms with E-state index in [1.807, 2.05) is 6.07 Å². The molecule has 150 valence electrons. The van der Waals surface area contributed by atoms with Crippen LogP contribution < -0.4 is 10.1 Å². The minimum Gasteiger partial charge on any atom is -0.484 e. The lowest BCUT2D eigenvalue weighted by atomic mass is 10.1. The fraction of sp³-hybridized carbons (Fsp3) is 0.333. The van der Waals surface area contributed by atoms with E-state index in [0.29, 0.717) is 24.3 Å². The van der Waals surface area contributed by atoms with Gasteiger partial charge in [-0.05, 0) is 43.2 Å². The van der Waals surface area contributed by atoms with Crippen LogP contribution in [0.5, 0.6) is 5.75 Å². The monoisotopic (exact) mass is 388 g/mol. The summed E-state index contributed by atoms with van der Waals surface area (Å²) in [5.74, 6) is -0.511. The Bertz CT molecular complexity index is 753. The van der Waals surface area contributed by atoms with E-state index in [9.17, 15) is 14.0 Å². The van der Waals surface area contributed by atoms with Crippen LogP contribution in [0.15, 0.2) is 54.6 Å². The average molecular weight is 388 g/mol. The van der Waals surface area contributed by atoms with Crippen LogP contribution in [0.4, 0.5) is 4.39 Å². The molecule has 7 heteroatoms. The molecule has 0 radical (unpaired) electrons. The summed E-state index contributed by atoms with van der Waals surface area (Å²) in [7, 11) is 0. The smallest absolute Gasteiger partial charge is 0.261 e. The van der Waals surface area contributed by atoms with E-state index < -0.39 is 6.04 Å². The molecule has 2 amide bonds. The molecule has 0 saturated heterocycles. The minimum atomic E-state index is -0.754. The molecule has 0 fully saturated rings. The van der Waals surface area contributed by atoms with Crippen LogP contribution in [-0.2, 0) is 16.1 Å². The molecule has 0 heterocycles. The molecule has 0 saturated carbocycles. The van der Waals surface area contributed by atoms with E-state index in [1.165, 1.54) is 17.0 Å². The second kappa shape index (κ2) is 11.0. The molecule has 0 unspecified atom stereocenters. The first kappa shape index (κ1) is 21.4. The van der Waals surface area contributed by atoms with Gasteiger partial charge in [0.2, 0.25) is 5.91 Å². The second-order valence-corrected chi connectivity index (χ2v) is 6.29. The van der Waals surface area contributed by atoms with Crippen molar-refractivity contribution in [3.05, 3.63) is 66.0 Å². The largest absolute Gasteiger partial charge is 0.484 e. The van der Waals surface area contributed by atoms with Crippen molar-refractivity contribution in [3.63, 3.8) is 0 Å². The highest BCUT2D eigenvalue weighted by atomic mass is 19.1. The minimum absolute atomic E-state index is 0.0300. The number of ether oxygens (including phenoxy) is 1. The van der Waals surface area contributed by atoms with Crippen molar-refractivity contribution in [1.29, 1.82) is 0 Å². The number of para-hydroxylation sites is 1. The van der Waals surface area contributed by atoms with Gasteiger partial charge in [-0.3, -0.25) is 9.59 Å². The van der Waals surface area contributed by atoms with Crippen LogP contribution in [0.3, 0.4) is 0 Å². The van der Waals surface area contributed by atoms with Crippen LogP contribution in [0.1, 0.15) is 18.9 Å². The maximum Gasteiger partial charge on any atom is 0.261 e. The number of aliphatic hydroxyl groups is 1. The maximum absolute atomic E-state index is 13.2. The highest BCUT2D eigenvalue weighted by molar-refractivity contribution is 5.87. The van der Waals surface area contributed by atoms with Gasteiger partial charge in [-0.1, -0.05) is 30.3 Å². The van der Waals surface area contributed by atoms with Crippen LogP contribution in [0, 0.1) is 5.82 Å². The highest BCUT2D eigenvalue weighted by Crippen LogP contribution is 2.13. The van der Waals surface area contributed by atoms with Gasteiger partial charge in [0.25, 0.3) is 5.91 Å². The first-order chi connectivity index (χ1) is 13.5. The van der Waals surface area contributed by atoms with Crippen molar-refractivity contribution in [2.24, 2.45) is 0 Å². The Morgan fingerprint density at radius 2 is 1.82 bits per heavy atom. The summed E-state index contributed by atoms with van der Waals surface area (Å²) in [4.78, 5) is 26.6. The first-order valence-corrected chi connectivity index (χ1v) is 9.11. The van der Waals surface area contributed by atoms with Crippen LogP contribution in [0.25, 0.3) is 0 Å². The molecule has 2 aromatic rings. The topological polar surface area (TPSA) is 78.9 Å². The Hall–Kier alpha value is -2.93. The standard InChI is InChI=1S/C21H25FN2O4/c1-16(21(27)23-12-5-13-25)24(14-17-8-10-18(22)11-9-17)20(26)15-28-19-6-3-2-4-7-19/h2-4,6-11,16,25H,5,12-15H2,1H3,(H,23,27)/t16-/m1/s1. The molecular weight excluding hydrogens is 363 g/mol. The van der Waals surface area contributed by atoms with Gasteiger partial charge in [0.05, 0.1) is 0 Å². The molecule has 0 aliphatic carbocycles. The summed E-state index contributed by atoms with van der Waals surface area (Å²) < 4.78 is 18.7. The van der Waals surface area contributed by atoms with Crippen molar-refractivity contribution < 1.29 is 23.8 Å². The second-order valence-electron chi connectivity index (χ2n) is 6.29. The molecule has 1 atom stereocenters. The zero-order chi connectivity index (χ0) is 20.4. The summed E-state index contributed by atoms with van der Waals surface area (Å²) in [5, 5.41) is 11.5. The zero-order valence-electron chi connectivity index (χ0n) is 15.8. The Morgan fingerprint density at radius 1 is 1.14 bits per heavy atom. The predicted octanol–water partition coefficient (Wildman–Crippen LogP) is 2.12. The number of nitrogens with zero attached hydrogens (tertiary/aromatic N) is 1. The molecule has 2 rings (SSSR count). The van der Waals surface area contributed by atoms with Crippen LogP contribution >= 0.6 is 0 Å². The molecule has 28 heavy (non-hydrogen) atoms. The SMILES string of the molecule is C[C@H](C(=O)NCCCO)N(Cc1ccc(F)cc1)C(=O)COc1ccccc1. The predicted molar refractivity (Wildman–Crippen MR) is 103 cm³/mol. The zero-order valence-corrected chi connectivity index (χ0v) is 15.8. The molecule has 0 aromatic heterocycles. The van der Waals surface area contributed by atoms with Gasteiger partial charge < -0.3 is 20.1 Å². The summed E-state index contributed by atoms with van der Waals surface area (Å²) in [6, 6.07) is 13.9. The number of benzene rings is 2. The van der Waals surface area contributed by atoms with E-state index in [1.54, 1.807) is 43.3 Å². The summed E-state index contributed by atoms with van der Waals surface area (Å²) in [6.45, 7) is 1.83. The Kier molecular flexibility index (Phi) is 8.42. The number of carbonyl (C=O) groups excluding carboxylic acids is 2. The summed E-state index contributed by atoms with van der Waals surface area (Å²) in [6.07, 6.45) is 0.432. The molecule has 0 aliphatic rings. The highest BCUT2D eigenvalue weighted by Gasteiger charge is 2.26. The van der Waals surface area contributed by atoms with E-state index >= 15 is 0 Å². The maximum atomic E-state index is 13.2. The Labute approximate surface area is 163 Å². The molecule has 0 aliphatic heterocycles. The number of rotatable bonds is 10.